The molecule has 1 aromatic heterocycles. The molecule has 0 bridgehead atoms. The van der Waals surface area contributed by atoms with E-state index in [2.05, 4.69) is 134 Å². The van der Waals surface area contributed by atoms with E-state index >= 15 is 0 Å². The van der Waals surface area contributed by atoms with Gasteiger partial charge in [-0.25, -0.2) is 0 Å². The number of unbranched alkanes of at least 4 members (excludes halogenated alkanes) is 2. The summed E-state index contributed by atoms with van der Waals surface area (Å²) >= 11 is 0. The van der Waals surface area contributed by atoms with Gasteiger partial charge in [0, 0.05) is 23.9 Å². The number of aryl methyl sites for hydroxylation is 1. The number of ether oxygens (including phenoxy) is 3. The van der Waals surface area contributed by atoms with Gasteiger partial charge in [0.05, 0.1) is 21.3 Å². The standard InChI is InChI=1S/C28H35BO3.C13H16N/c1-5-6-7-28(24-12-18-27(32-4)19-13-24)29(20-22-8-14-25(30-2)15-9-22)21-23-10-16-26(31-3)17-11-23;1-2-3-10-14-11-6-8-12-7-4-5-9-13(12)14/h8-19,28H,5-7,20-21H2,1-4H3;4-9,11H,2-3,10H2,1H3/q;+1. The molecule has 240 valence electrons. The minimum Gasteiger partial charge on any atom is -0.497 e. The Morgan fingerprint density at radius 2 is 1.09 bits per heavy atom. The van der Waals surface area contributed by atoms with Crippen LogP contribution in [0.1, 0.15) is 68.5 Å². The molecule has 0 saturated heterocycles. The van der Waals surface area contributed by atoms with Crippen LogP contribution in [0.4, 0.5) is 0 Å². The van der Waals surface area contributed by atoms with E-state index in [0.717, 1.165) is 36.4 Å². The van der Waals surface area contributed by atoms with E-state index in [1.165, 1.54) is 59.7 Å². The molecule has 0 aliphatic carbocycles. The van der Waals surface area contributed by atoms with Crippen molar-refractivity contribution in [2.75, 3.05) is 21.3 Å². The summed E-state index contributed by atoms with van der Waals surface area (Å²) in [6, 6.07) is 38.5. The molecule has 46 heavy (non-hydrogen) atoms. The summed E-state index contributed by atoms with van der Waals surface area (Å²) in [6.45, 7) is 6.10. The maximum Gasteiger partial charge on any atom is 0.212 e. The maximum atomic E-state index is 5.40. The smallest absolute Gasteiger partial charge is 0.212 e. The third-order valence-corrected chi connectivity index (χ3v) is 8.84. The number of pyridine rings is 1. The summed E-state index contributed by atoms with van der Waals surface area (Å²) in [5.41, 5.74) is 5.42. The number of fused-ring (bicyclic) bond motifs is 1. The fourth-order valence-electron chi connectivity index (χ4n) is 6.18. The van der Waals surface area contributed by atoms with Crippen molar-refractivity contribution in [2.24, 2.45) is 0 Å². The maximum absolute atomic E-state index is 5.40. The van der Waals surface area contributed by atoms with Crippen molar-refractivity contribution in [2.45, 2.75) is 71.0 Å². The summed E-state index contributed by atoms with van der Waals surface area (Å²) < 4.78 is 18.5. The molecule has 4 aromatic carbocycles. The molecule has 0 N–H and O–H groups in total. The highest BCUT2D eigenvalue weighted by Crippen LogP contribution is 2.31. The molecule has 5 heteroatoms. The lowest BCUT2D eigenvalue weighted by molar-refractivity contribution is -0.671. The highest BCUT2D eigenvalue weighted by Gasteiger charge is 2.27. The highest BCUT2D eigenvalue weighted by atomic mass is 16.5. The van der Waals surface area contributed by atoms with Gasteiger partial charge in [0.15, 0.2) is 12.9 Å². The average Bonchev–Trinajstić information content (AvgIpc) is 3.12. The molecule has 0 radical (unpaired) electrons. The number of methoxy groups -OCH3 is 3. The van der Waals surface area contributed by atoms with E-state index in [1.54, 1.807) is 21.3 Å². The summed E-state index contributed by atoms with van der Waals surface area (Å²) in [5.74, 6) is 3.19. The second-order valence-electron chi connectivity index (χ2n) is 12.0. The van der Waals surface area contributed by atoms with E-state index in [0.29, 0.717) is 12.5 Å². The van der Waals surface area contributed by atoms with Crippen LogP contribution < -0.4 is 18.8 Å². The zero-order valence-electron chi connectivity index (χ0n) is 28.5. The van der Waals surface area contributed by atoms with E-state index < -0.39 is 0 Å². The van der Waals surface area contributed by atoms with Crippen molar-refractivity contribution in [3.63, 3.8) is 0 Å². The van der Waals surface area contributed by atoms with Gasteiger partial charge < -0.3 is 14.2 Å². The number of benzene rings is 4. The van der Waals surface area contributed by atoms with Gasteiger partial charge in [0.25, 0.3) is 0 Å². The van der Waals surface area contributed by atoms with Crippen molar-refractivity contribution in [1.29, 1.82) is 0 Å². The van der Waals surface area contributed by atoms with E-state index in [-0.39, 0.29) is 0 Å². The first-order valence-electron chi connectivity index (χ1n) is 16.9. The number of para-hydroxylation sites is 1. The Hall–Kier alpha value is -4.25. The fraction of sp³-hybridized carbons (Fsp3) is 0.341. The van der Waals surface area contributed by atoms with Gasteiger partial charge in [-0.3, -0.25) is 0 Å². The normalized spacial score (nSPS) is 11.3. The van der Waals surface area contributed by atoms with Gasteiger partial charge in [0.2, 0.25) is 5.52 Å². The summed E-state index contributed by atoms with van der Waals surface area (Å²) in [5, 5.41) is 1.33. The van der Waals surface area contributed by atoms with Crippen molar-refractivity contribution >= 4 is 17.6 Å². The van der Waals surface area contributed by atoms with E-state index in [1.807, 2.05) is 0 Å². The van der Waals surface area contributed by atoms with Crippen molar-refractivity contribution in [3.05, 3.63) is 132 Å². The number of aromatic nitrogens is 1. The summed E-state index contributed by atoms with van der Waals surface area (Å²) in [6.07, 6.45) is 10.3. The molecule has 0 fully saturated rings. The SMILES string of the molecule is CCCCC(B(Cc1ccc(OC)cc1)Cc1ccc(OC)cc1)c1ccc(OC)cc1.CCCC[n+]1cccc2ccccc21. The fourth-order valence-corrected chi connectivity index (χ4v) is 6.18. The first-order valence-corrected chi connectivity index (χ1v) is 16.9. The molecular formula is C41H51BNO3+. The van der Waals surface area contributed by atoms with Crippen LogP contribution in [0.5, 0.6) is 17.2 Å². The Balaban J connectivity index is 0.000000284. The Morgan fingerprint density at radius 3 is 1.61 bits per heavy atom. The second kappa shape index (κ2) is 18.7. The van der Waals surface area contributed by atoms with Crippen molar-refractivity contribution in [1.82, 2.24) is 0 Å². The first kappa shape index (κ1) is 34.6. The molecule has 1 atom stereocenters. The molecule has 1 heterocycles. The summed E-state index contributed by atoms with van der Waals surface area (Å²) in [4.78, 5) is 0. The van der Waals surface area contributed by atoms with Crippen LogP contribution in [0.3, 0.4) is 0 Å². The topological polar surface area (TPSA) is 31.6 Å². The van der Waals surface area contributed by atoms with Gasteiger partial charge in [-0.15, -0.1) is 0 Å². The lowest BCUT2D eigenvalue weighted by Crippen LogP contribution is -2.33. The Bertz CT molecular complexity index is 1510. The van der Waals surface area contributed by atoms with Gasteiger partial charge >= 0.3 is 0 Å². The van der Waals surface area contributed by atoms with Crippen LogP contribution >= 0.6 is 0 Å². The van der Waals surface area contributed by atoms with Crippen LogP contribution in [0.2, 0.25) is 0 Å². The van der Waals surface area contributed by atoms with Crippen LogP contribution in [-0.4, -0.2) is 28.0 Å². The quantitative estimate of drug-likeness (QED) is 0.0867. The lowest BCUT2D eigenvalue weighted by atomic mass is 9.34. The van der Waals surface area contributed by atoms with Crippen molar-refractivity contribution in [3.8, 4) is 17.2 Å². The Kier molecular flexibility index (Phi) is 14.0. The minimum atomic E-state index is 0.477. The molecule has 5 aromatic rings. The molecule has 0 aliphatic heterocycles. The van der Waals surface area contributed by atoms with Gasteiger partial charge in [0.1, 0.15) is 23.8 Å². The van der Waals surface area contributed by atoms with E-state index in [4.69, 9.17) is 14.2 Å². The van der Waals surface area contributed by atoms with Crippen molar-refractivity contribution < 1.29 is 18.8 Å². The summed E-state index contributed by atoms with van der Waals surface area (Å²) in [7, 11) is 5.15. The molecule has 0 amide bonds. The van der Waals surface area contributed by atoms with Crippen LogP contribution in [-0.2, 0) is 19.2 Å². The second-order valence-corrected chi connectivity index (χ2v) is 12.0. The highest BCUT2D eigenvalue weighted by molar-refractivity contribution is 6.59. The predicted molar refractivity (Wildman–Crippen MR) is 193 cm³/mol. The minimum absolute atomic E-state index is 0.477. The third-order valence-electron chi connectivity index (χ3n) is 8.84. The third kappa shape index (κ3) is 10.1. The number of nitrogens with zero attached hydrogens (tertiary/aromatic N) is 1. The lowest BCUT2D eigenvalue weighted by Gasteiger charge is -2.26. The van der Waals surface area contributed by atoms with Gasteiger partial charge in [-0.2, -0.15) is 4.57 Å². The Labute approximate surface area is 277 Å². The average molecular weight is 617 g/mol. The first-order chi connectivity index (χ1) is 22.6. The van der Waals surface area contributed by atoms with Gasteiger partial charge in [-0.1, -0.05) is 105 Å². The molecule has 0 saturated carbocycles. The zero-order valence-corrected chi connectivity index (χ0v) is 28.5. The van der Waals surface area contributed by atoms with Crippen LogP contribution in [0, 0.1) is 0 Å². The van der Waals surface area contributed by atoms with E-state index in [9.17, 15) is 0 Å². The number of hydrogen-bond donors (Lipinski definition) is 0. The monoisotopic (exact) mass is 616 g/mol. The molecule has 1 unspecified atom stereocenters. The largest absolute Gasteiger partial charge is 0.497 e. The number of rotatable bonds is 15. The van der Waals surface area contributed by atoms with Crippen LogP contribution in [0.25, 0.3) is 10.9 Å². The number of hydrogen-bond acceptors (Lipinski definition) is 3. The molecular weight excluding hydrogens is 565 g/mol. The molecule has 0 spiro atoms. The zero-order chi connectivity index (χ0) is 32.6. The van der Waals surface area contributed by atoms with Crippen LogP contribution in [0.15, 0.2) is 115 Å². The molecule has 0 aliphatic rings. The molecule has 5 rings (SSSR count). The Morgan fingerprint density at radius 1 is 0.587 bits per heavy atom. The predicted octanol–water partition coefficient (Wildman–Crippen LogP) is 9.51. The molecule has 4 nitrogen and oxygen atoms in total. The van der Waals surface area contributed by atoms with Gasteiger partial charge in [-0.05, 0) is 67.0 Å².